The van der Waals surface area contributed by atoms with Crippen LogP contribution >= 0.6 is 11.3 Å². The van der Waals surface area contributed by atoms with Gasteiger partial charge in [-0.2, -0.15) is 0 Å². The average molecular weight is 420 g/mol. The highest BCUT2D eigenvalue weighted by Gasteiger charge is 2.17. The molecule has 0 aliphatic carbocycles. The van der Waals surface area contributed by atoms with Gasteiger partial charge in [0.1, 0.15) is 5.82 Å². The lowest BCUT2D eigenvalue weighted by molar-refractivity contribution is 0.0963. The second-order valence-corrected chi connectivity index (χ2v) is 7.53. The molecule has 8 heteroatoms. The van der Waals surface area contributed by atoms with Crippen molar-refractivity contribution in [2.45, 2.75) is 6.04 Å². The Morgan fingerprint density at radius 1 is 1.13 bits per heavy atom. The Hall–Kier alpha value is -3.49. The van der Waals surface area contributed by atoms with E-state index in [1.165, 1.54) is 6.20 Å². The van der Waals surface area contributed by atoms with Crippen molar-refractivity contribution in [2.75, 3.05) is 24.3 Å². The Morgan fingerprint density at radius 2 is 1.97 bits per heavy atom. The van der Waals surface area contributed by atoms with Crippen molar-refractivity contribution >= 4 is 44.7 Å². The zero-order valence-electron chi connectivity index (χ0n) is 16.3. The lowest BCUT2D eigenvalue weighted by Crippen LogP contribution is -2.22. The molecule has 4 rings (SSSR count). The van der Waals surface area contributed by atoms with Crippen LogP contribution in [0.25, 0.3) is 10.2 Å². The maximum atomic E-state index is 12.3. The molecule has 2 aromatic carbocycles. The van der Waals surface area contributed by atoms with Gasteiger partial charge in [0, 0.05) is 25.0 Å². The van der Waals surface area contributed by atoms with Gasteiger partial charge < -0.3 is 21.1 Å². The van der Waals surface area contributed by atoms with Gasteiger partial charge >= 0.3 is 0 Å². The SMILES string of the molecule is CNC(=O)c1cnc(Nc2ccc3ncsc3c2)cc1NC(CO)c1ccccc1. The summed E-state index contributed by atoms with van der Waals surface area (Å²) in [4.78, 5) is 21.0. The van der Waals surface area contributed by atoms with Gasteiger partial charge in [-0.3, -0.25) is 4.79 Å². The third kappa shape index (κ3) is 4.24. The van der Waals surface area contributed by atoms with E-state index >= 15 is 0 Å². The van der Waals surface area contributed by atoms with Crippen molar-refractivity contribution < 1.29 is 9.90 Å². The van der Waals surface area contributed by atoms with E-state index in [2.05, 4.69) is 25.9 Å². The number of anilines is 3. The van der Waals surface area contributed by atoms with Gasteiger partial charge in [-0.15, -0.1) is 11.3 Å². The molecule has 2 aromatic heterocycles. The van der Waals surface area contributed by atoms with Crippen LogP contribution in [0.15, 0.2) is 66.3 Å². The van der Waals surface area contributed by atoms with E-state index in [0.29, 0.717) is 17.1 Å². The van der Waals surface area contributed by atoms with Gasteiger partial charge in [0.05, 0.1) is 39.6 Å². The number of pyridine rings is 1. The summed E-state index contributed by atoms with van der Waals surface area (Å²) in [5, 5.41) is 19.1. The Kier molecular flexibility index (Phi) is 5.87. The second-order valence-electron chi connectivity index (χ2n) is 6.64. The minimum atomic E-state index is -0.363. The molecule has 0 fully saturated rings. The van der Waals surface area contributed by atoms with Gasteiger partial charge in [-0.1, -0.05) is 30.3 Å². The summed E-state index contributed by atoms with van der Waals surface area (Å²) >= 11 is 1.57. The average Bonchev–Trinajstić information content (AvgIpc) is 3.25. The van der Waals surface area contributed by atoms with E-state index in [9.17, 15) is 9.90 Å². The van der Waals surface area contributed by atoms with E-state index in [1.807, 2.05) is 54.0 Å². The monoisotopic (exact) mass is 419 g/mol. The number of carbonyl (C=O) groups is 1. The molecule has 4 aromatic rings. The van der Waals surface area contributed by atoms with Crippen molar-refractivity contribution in [3.05, 3.63) is 77.4 Å². The fourth-order valence-corrected chi connectivity index (χ4v) is 3.86. The predicted octanol–water partition coefficient (Wildman–Crippen LogP) is 3.94. The molecule has 1 atom stereocenters. The molecule has 4 N–H and O–H groups in total. The molecule has 1 unspecified atom stereocenters. The lowest BCUT2D eigenvalue weighted by atomic mass is 10.1. The molecule has 0 aliphatic rings. The van der Waals surface area contributed by atoms with Gasteiger partial charge in [0.15, 0.2) is 0 Å². The number of aliphatic hydroxyl groups is 1. The Labute approximate surface area is 177 Å². The zero-order valence-corrected chi connectivity index (χ0v) is 17.1. The highest BCUT2D eigenvalue weighted by atomic mass is 32.1. The standard InChI is InChI=1S/C22H21N5O2S/c1-23-22(29)16-11-24-21(26-15-7-8-17-20(9-15)30-13-25-17)10-18(16)27-19(12-28)14-5-3-2-4-6-14/h2-11,13,19,28H,12H2,1H3,(H,23,29)(H2,24,26,27). The fraction of sp³-hybridized carbons (Fsp3) is 0.136. The minimum Gasteiger partial charge on any atom is -0.394 e. The van der Waals surface area contributed by atoms with Crippen molar-refractivity contribution in [3.8, 4) is 0 Å². The van der Waals surface area contributed by atoms with Gasteiger partial charge in [0.2, 0.25) is 0 Å². The maximum Gasteiger partial charge on any atom is 0.254 e. The number of carbonyl (C=O) groups excluding carboxylic acids is 1. The molecular weight excluding hydrogens is 398 g/mol. The van der Waals surface area contributed by atoms with Crippen LogP contribution < -0.4 is 16.0 Å². The van der Waals surface area contributed by atoms with Crippen LogP contribution in [-0.4, -0.2) is 34.6 Å². The van der Waals surface area contributed by atoms with E-state index < -0.39 is 0 Å². The number of nitrogens with one attached hydrogen (secondary N) is 3. The van der Waals surface area contributed by atoms with Gasteiger partial charge in [-0.25, -0.2) is 9.97 Å². The van der Waals surface area contributed by atoms with E-state index in [1.54, 1.807) is 24.5 Å². The number of thiazole rings is 1. The molecule has 0 saturated carbocycles. The number of amides is 1. The first-order valence-corrected chi connectivity index (χ1v) is 10.3. The van der Waals surface area contributed by atoms with E-state index in [4.69, 9.17) is 0 Å². The smallest absolute Gasteiger partial charge is 0.254 e. The minimum absolute atomic E-state index is 0.121. The summed E-state index contributed by atoms with van der Waals surface area (Å²) in [5.74, 6) is 0.325. The molecule has 0 radical (unpaired) electrons. The molecule has 1 amide bonds. The Balaban J connectivity index is 1.65. The normalized spacial score (nSPS) is 11.8. The second kappa shape index (κ2) is 8.89. The van der Waals surface area contributed by atoms with Crippen LogP contribution in [0.2, 0.25) is 0 Å². The van der Waals surface area contributed by atoms with Crippen molar-refractivity contribution in [3.63, 3.8) is 0 Å². The maximum absolute atomic E-state index is 12.3. The predicted molar refractivity (Wildman–Crippen MR) is 120 cm³/mol. The largest absolute Gasteiger partial charge is 0.394 e. The molecule has 0 bridgehead atoms. The van der Waals surface area contributed by atoms with Gasteiger partial charge in [-0.05, 0) is 23.8 Å². The first kappa shape index (κ1) is 19.8. The van der Waals surface area contributed by atoms with Gasteiger partial charge in [0.25, 0.3) is 5.91 Å². The van der Waals surface area contributed by atoms with Crippen LogP contribution in [0, 0.1) is 0 Å². The number of aromatic nitrogens is 2. The Morgan fingerprint density at radius 3 is 2.73 bits per heavy atom. The van der Waals surface area contributed by atoms with E-state index in [-0.39, 0.29) is 18.6 Å². The molecule has 0 saturated heterocycles. The summed E-state index contributed by atoms with van der Waals surface area (Å²) in [6.45, 7) is -0.121. The van der Waals surface area contributed by atoms with Crippen LogP contribution in [0.4, 0.5) is 17.2 Å². The summed E-state index contributed by atoms with van der Waals surface area (Å²) in [6, 6.07) is 16.9. The third-order valence-electron chi connectivity index (χ3n) is 4.69. The Bertz CT molecular complexity index is 1160. The third-order valence-corrected chi connectivity index (χ3v) is 5.49. The fourth-order valence-electron chi connectivity index (χ4n) is 3.15. The molecular formula is C22H21N5O2S. The van der Waals surface area contributed by atoms with Crippen molar-refractivity contribution in [1.29, 1.82) is 0 Å². The first-order chi connectivity index (χ1) is 14.7. The number of nitrogens with zero attached hydrogens (tertiary/aromatic N) is 2. The van der Waals surface area contributed by atoms with Crippen molar-refractivity contribution in [1.82, 2.24) is 15.3 Å². The number of aliphatic hydroxyl groups excluding tert-OH is 1. The highest BCUT2D eigenvalue weighted by molar-refractivity contribution is 7.16. The number of hydrogen-bond donors (Lipinski definition) is 4. The topological polar surface area (TPSA) is 99.2 Å². The van der Waals surface area contributed by atoms with Crippen molar-refractivity contribution in [2.24, 2.45) is 0 Å². The van der Waals surface area contributed by atoms with Crippen LogP contribution in [-0.2, 0) is 0 Å². The summed E-state index contributed by atoms with van der Waals surface area (Å²) < 4.78 is 1.07. The summed E-state index contributed by atoms with van der Waals surface area (Å²) in [7, 11) is 1.57. The molecule has 152 valence electrons. The molecule has 0 aliphatic heterocycles. The summed E-state index contributed by atoms with van der Waals surface area (Å²) in [6.07, 6.45) is 1.52. The zero-order chi connectivity index (χ0) is 20.9. The lowest BCUT2D eigenvalue weighted by Gasteiger charge is -2.20. The highest BCUT2D eigenvalue weighted by Crippen LogP contribution is 2.28. The molecule has 2 heterocycles. The number of rotatable bonds is 7. The first-order valence-electron chi connectivity index (χ1n) is 9.42. The number of fused-ring (bicyclic) bond motifs is 1. The number of hydrogen-bond acceptors (Lipinski definition) is 7. The quantitative estimate of drug-likeness (QED) is 0.362. The molecule has 7 nitrogen and oxygen atoms in total. The number of benzene rings is 2. The summed E-state index contributed by atoms with van der Waals surface area (Å²) in [5.41, 5.74) is 5.53. The van der Waals surface area contributed by atoms with Crippen LogP contribution in [0.3, 0.4) is 0 Å². The molecule has 30 heavy (non-hydrogen) atoms. The van der Waals surface area contributed by atoms with E-state index in [0.717, 1.165) is 21.5 Å². The van der Waals surface area contributed by atoms with Crippen LogP contribution in [0.5, 0.6) is 0 Å². The molecule has 0 spiro atoms. The van der Waals surface area contributed by atoms with Crippen LogP contribution in [0.1, 0.15) is 22.0 Å².